The minimum absolute atomic E-state index is 0.102. The molecule has 0 unspecified atom stereocenters. The third-order valence-corrected chi connectivity index (χ3v) is 6.52. The Labute approximate surface area is 205 Å². The number of likely N-dealkylation sites (N-methyl/N-ethyl adjacent to an activating group) is 1. The molecule has 0 radical (unpaired) electrons. The number of carbonyl (C=O) groups is 1. The number of rotatable bonds is 22. The molecule has 5 nitrogen and oxygen atoms in total. The van der Waals surface area contributed by atoms with E-state index in [0.717, 1.165) is 45.8 Å². The summed E-state index contributed by atoms with van der Waals surface area (Å²) in [6, 6.07) is 0. The topological polar surface area (TPSA) is 42.0 Å². The zero-order chi connectivity index (χ0) is 23.8. The van der Waals surface area contributed by atoms with E-state index in [1.807, 2.05) is 0 Å². The Morgan fingerprint density at radius 2 is 1.30 bits per heavy atom. The van der Waals surface area contributed by atoms with Gasteiger partial charge in [0.15, 0.2) is 0 Å². The van der Waals surface area contributed by atoms with Crippen LogP contribution in [-0.4, -0.2) is 75.4 Å². The van der Waals surface area contributed by atoms with Crippen molar-refractivity contribution in [2.75, 3.05) is 59.6 Å². The number of carbonyl (C=O) groups excluding carboxylic acids is 1. The van der Waals surface area contributed by atoms with Crippen LogP contribution in [0.25, 0.3) is 0 Å². The van der Waals surface area contributed by atoms with E-state index >= 15 is 0 Å². The van der Waals surface area contributed by atoms with Gasteiger partial charge in [-0.2, -0.15) is 0 Å². The summed E-state index contributed by atoms with van der Waals surface area (Å²) >= 11 is 0. The lowest BCUT2D eigenvalue weighted by Crippen LogP contribution is -2.45. The van der Waals surface area contributed by atoms with Crippen LogP contribution in [0.2, 0.25) is 0 Å². The quantitative estimate of drug-likeness (QED) is 0.108. The predicted octanol–water partition coefficient (Wildman–Crippen LogP) is 6.22. The molecule has 194 valence electrons. The first-order chi connectivity index (χ1) is 16.2. The minimum atomic E-state index is -0.102. The third kappa shape index (κ3) is 20.2. The van der Waals surface area contributed by atoms with Gasteiger partial charge in [-0.3, -0.25) is 4.79 Å². The van der Waals surface area contributed by atoms with Crippen LogP contribution in [0.3, 0.4) is 0 Å². The Morgan fingerprint density at radius 1 is 0.727 bits per heavy atom. The molecule has 0 aromatic rings. The molecular formula is C28H54N2O3. The van der Waals surface area contributed by atoms with E-state index in [1.165, 1.54) is 83.5 Å². The molecule has 1 aliphatic heterocycles. The fraction of sp³-hybridized carbons (Fsp3) is 0.893. The van der Waals surface area contributed by atoms with Gasteiger partial charge in [0.05, 0.1) is 13.0 Å². The van der Waals surface area contributed by atoms with Crippen molar-refractivity contribution in [3.05, 3.63) is 12.2 Å². The number of unbranched alkanes of at least 4 members (excludes halogenated alkanes) is 12. The summed E-state index contributed by atoms with van der Waals surface area (Å²) in [7, 11) is 2.14. The van der Waals surface area contributed by atoms with Gasteiger partial charge in [-0.25, -0.2) is 0 Å². The second kappa shape index (κ2) is 22.9. The normalized spacial score (nSPS) is 15.5. The lowest BCUT2D eigenvalue weighted by atomic mass is 10.1. The minimum Gasteiger partial charge on any atom is -0.463 e. The van der Waals surface area contributed by atoms with Crippen LogP contribution in [0.1, 0.15) is 103 Å². The summed E-state index contributed by atoms with van der Waals surface area (Å²) in [5.74, 6) is -0.102. The van der Waals surface area contributed by atoms with Crippen molar-refractivity contribution < 1.29 is 14.3 Å². The van der Waals surface area contributed by atoms with Crippen LogP contribution < -0.4 is 0 Å². The van der Waals surface area contributed by atoms with Gasteiger partial charge >= 0.3 is 5.97 Å². The van der Waals surface area contributed by atoms with Gasteiger partial charge in [-0.05, 0) is 39.2 Å². The Morgan fingerprint density at radius 3 is 1.94 bits per heavy atom. The molecule has 0 aliphatic carbocycles. The average Bonchev–Trinajstić information content (AvgIpc) is 2.82. The van der Waals surface area contributed by atoms with E-state index in [0.29, 0.717) is 19.6 Å². The number of piperazine rings is 1. The Balaban J connectivity index is 1.73. The largest absolute Gasteiger partial charge is 0.463 e. The fourth-order valence-electron chi connectivity index (χ4n) is 4.16. The predicted molar refractivity (Wildman–Crippen MR) is 140 cm³/mol. The molecule has 1 saturated heterocycles. The van der Waals surface area contributed by atoms with E-state index in [4.69, 9.17) is 9.47 Å². The van der Waals surface area contributed by atoms with E-state index in [1.54, 1.807) is 0 Å². The molecule has 1 heterocycles. The molecule has 0 spiro atoms. The molecule has 1 rings (SSSR count). The molecule has 1 fully saturated rings. The molecule has 0 N–H and O–H groups in total. The standard InChI is InChI=1S/C28H54N2O3/c1-3-4-5-6-7-8-9-10-11-12-13-14-15-16-17-18-25-32-26-27-33-28(31)19-20-30-23-21-29(2)22-24-30/h10-11H,3-9,12-27H2,1-2H3/b11-10-. The Hall–Kier alpha value is -0.910. The molecular weight excluding hydrogens is 412 g/mol. The highest BCUT2D eigenvalue weighted by Gasteiger charge is 2.14. The van der Waals surface area contributed by atoms with Crippen molar-refractivity contribution in [3.63, 3.8) is 0 Å². The number of ether oxygens (including phenoxy) is 2. The maximum absolute atomic E-state index is 11.8. The zero-order valence-electron chi connectivity index (χ0n) is 22.0. The first-order valence-electron chi connectivity index (χ1n) is 14.0. The maximum atomic E-state index is 11.8. The maximum Gasteiger partial charge on any atom is 0.307 e. The summed E-state index contributed by atoms with van der Waals surface area (Å²) in [5, 5.41) is 0. The van der Waals surface area contributed by atoms with E-state index in [9.17, 15) is 4.79 Å². The molecule has 0 aromatic heterocycles. The van der Waals surface area contributed by atoms with Crippen LogP contribution in [0.15, 0.2) is 12.2 Å². The van der Waals surface area contributed by atoms with Gasteiger partial charge in [0.1, 0.15) is 6.61 Å². The van der Waals surface area contributed by atoms with Gasteiger partial charge in [-0.15, -0.1) is 0 Å². The van der Waals surface area contributed by atoms with Crippen LogP contribution in [-0.2, 0) is 14.3 Å². The molecule has 5 heteroatoms. The molecule has 0 bridgehead atoms. The Kier molecular flexibility index (Phi) is 20.9. The molecule has 0 amide bonds. The number of hydrogen-bond donors (Lipinski definition) is 0. The van der Waals surface area contributed by atoms with Crippen molar-refractivity contribution in [1.29, 1.82) is 0 Å². The highest BCUT2D eigenvalue weighted by molar-refractivity contribution is 5.69. The van der Waals surface area contributed by atoms with Gasteiger partial charge < -0.3 is 19.3 Å². The number of esters is 1. The van der Waals surface area contributed by atoms with Crippen molar-refractivity contribution in [2.24, 2.45) is 0 Å². The monoisotopic (exact) mass is 466 g/mol. The van der Waals surface area contributed by atoms with Crippen LogP contribution in [0, 0.1) is 0 Å². The van der Waals surface area contributed by atoms with Crippen LogP contribution in [0.4, 0.5) is 0 Å². The molecule has 0 atom stereocenters. The fourth-order valence-corrected chi connectivity index (χ4v) is 4.16. The smallest absolute Gasteiger partial charge is 0.307 e. The zero-order valence-corrected chi connectivity index (χ0v) is 22.0. The number of hydrogen-bond acceptors (Lipinski definition) is 5. The first kappa shape index (κ1) is 30.1. The SMILES string of the molecule is CCCCCCCC/C=C\CCCCCCCCOCCOC(=O)CCN1CCN(C)CC1. The van der Waals surface area contributed by atoms with E-state index in [2.05, 4.69) is 35.9 Å². The summed E-state index contributed by atoms with van der Waals surface area (Å²) in [4.78, 5) is 16.5. The second-order valence-corrected chi connectivity index (χ2v) is 9.67. The second-order valence-electron chi connectivity index (χ2n) is 9.67. The lowest BCUT2D eigenvalue weighted by Gasteiger charge is -2.31. The third-order valence-electron chi connectivity index (χ3n) is 6.52. The molecule has 0 aromatic carbocycles. The highest BCUT2D eigenvalue weighted by Crippen LogP contribution is 2.10. The molecule has 33 heavy (non-hydrogen) atoms. The van der Waals surface area contributed by atoms with Crippen molar-refractivity contribution in [1.82, 2.24) is 9.80 Å². The van der Waals surface area contributed by atoms with Gasteiger partial charge in [0.25, 0.3) is 0 Å². The van der Waals surface area contributed by atoms with Crippen molar-refractivity contribution in [2.45, 2.75) is 103 Å². The summed E-state index contributed by atoms with van der Waals surface area (Å²) in [6.45, 7) is 9.02. The molecule has 1 aliphatic rings. The highest BCUT2D eigenvalue weighted by atomic mass is 16.6. The van der Waals surface area contributed by atoms with Crippen LogP contribution >= 0.6 is 0 Å². The van der Waals surface area contributed by atoms with Gasteiger partial charge in [-0.1, -0.05) is 76.9 Å². The van der Waals surface area contributed by atoms with E-state index < -0.39 is 0 Å². The van der Waals surface area contributed by atoms with Gasteiger partial charge in [0.2, 0.25) is 0 Å². The van der Waals surface area contributed by atoms with Crippen molar-refractivity contribution >= 4 is 5.97 Å². The summed E-state index contributed by atoms with van der Waals surface area (Å²) in [5.41, 5.74) is 0. The average molecular weight is 467 g/mol. The van der Waals surface area contributed by atoms with Crippen molar-refractivity contribution in [3.8, 4) is 0 Å². The molecule has 0 saturated carbocycles. The van der Waals surface area contributed by atoms with Crippen LogP contribution in [0.5, 0.6) is 0 Å². The Bertz CT molecular complexity index is 462. The summed E-state index contributed by atoms with van der Waals surface area (Å²) in [6.07, 6.45) is 23.7. The lowest BCUT2D eigenvalue weighted by molar-refractivity contribution is -0.145. The number of allylic oxidation sites excluding steroid dienone is 2. The summed E-state index contributed by atoms with van der Waals surface area (Å²) < 4.78 is 10.9. The number of nitrogens with zero attached hydrogens (tertiary/aromatic N) is 2. The van der Waals surface area contributed by atoms with E-state index in [-0.39, 0.29) is 5.97 Å². The van der Waals surface area contributed by atoms with Gasteiger partial charge in [0, 0.05) is 39.3 Å². The first-order valence-corrected chi connectivity index (χ1v) is 14.0.